The van der Waals surface area contributed by atoms with Gasteiger partial charge in [0.15, 0.2) is 0 Å². The summed E-state index contributed by atoms with van der Waals surface area (Å²) in [5, 5.41) is 0. The van der Waals surface area contributed by atoms with Gasteiger partial charge in [0, 0.05) is 20.6 Å². The molecule has 2 N–H and O–H groups in total. The van der Waals surface area contributed by atoms with Crippen molar-refractivity contribution in [2.75, 3.05) is 20.9 Å². The van der Waals surface area contributed by atoms with Gasteiger partial charge in [-0.3, -0.25) is 0 Å². The minimum Gasteiger partial charge on any atom is -0.492 e. The van der Waals surface area contributed by atoms with E-state index < -0.39 is 5.91 Å². The number of halogens is 1. The van der Waals surface area contributed by atoms with E-state index in [4.69, 9.17) is 19.9 Å². The molecule has 1 fully saturated rings. The van der Waals surface area contributed by atoms with E-state index in [9.17, 15) is 0 Å². The summed E-state index contributed by atoms with van der Waals surface area (Å²) in [5.41, 5.74) is 8.43. The Bertz CT molecular complexity index is 561. The van der Waals surface area contributed by atoms with E-state index in [-0.39, 0.29) is 18.4 Å². The smallest absolute Gasteiger partial charge is 0.231 e. The number of benzene rings is 1. The third-order valence-electron chi connectivity index (χ3n) is 4.69. The molecule has 0 bridgehead atoms. The van der Waals surface area contributed by atoms with Crippen molar-refractivity contribution in [1.29, 1.82) is 0 Å². The van der Waals surface area contributed by atoms with Crippen molar-refractivity contribution in [3.8, 4) is 0 Å². The van der Waals surface area contributed by atoms with Crippen molar-refractivity contribution in [3.05, 3.63) is 41.2 Å². The maximum atomic E-state index is 6.01. The molecule has 1 atom stereocenters. The molecular weight excluding hydrogens is 316 g/mol. The lowest BCUT2D eigenvalue weighted by Gasteiger charge is -2.48. The van der Waals surface area contributed by atoms with Crippen LogP contribution >= 0.6 is 12.4 Å². The largest absolute Gasteiger partial charge is 0.492 e. The first-order valence-electron chi connectivity index (χ1n) is 7.73. The van der Waals surface area contributed by atoms with Crippen LogP contribution in [0, 0.1) is 0 Å². The molecule has 0 aromatic heterocycles. The Morgan fingerprint density at radius 1 is 1.30 bits per heavy atom. The van der Waals surface area contributed by atoms with Gasteiger partial charge in [-0.1, -0.05) is 24.3 Å². The number of piperidine rings is 1. The van der Waals surface area contributed by atoms with Gasteiger partial charge in [-0.15, -0.1) is 12.4 Å². The number of ether oxygens (including phenoxy) is 3. The Morgan fingerprint density at radius 2 is 2.04 bits per heavy atom. The van der Waals surface area contributed by atoms with E-state index in [0.717, 1.165) is 25.0 Å². The molecule has 0 spiro atoms. The molecule has 128 valence electrons. The van der Waals surface area contributed by atoms with Gasteiger partial charge in [0.05, 0.1) is 12.7 Å². The average Bonchev–Trinajstić information content (AvgIpc) is 2.60. The van der Waals surface area contributed by atoms with Crippen LogP contribution in [0.2, 0.25) is 0 Å². The number of hydrogen-bond donors (Lipinski definition) is 1. The van der Waals surface area contributed by atoms with Gasteiger partial charge in [-0.2, -0.15) is 0 Å². The van der Waals surface area contributed by atoms with Gasteiger partial charge in [-0.25, -0.2) is 4.90 Å². The highest BCUT2D eigenvalue weighted by Gasteiger charge is 2.45. The van der Waals surface area contributed by atoms with Crippen LogP contribution in [-0.4, -0.2) is 37.7 Å². The number of rotatable bonds is 4. The van der Waals surface area contributed by atoms with Crippen LogP contribution < -0.4 is 5.73 Å². The zero-order valence-corrected chi connectivity index (χ0v) is 14.5. The molecule has 2 aliphatic heterocycles. The summed E-state index contributed by atoms with van der Waals surface area (Å²) < 4.78 is 17.3. The van der Waals surface area contributed by atoms with Gasteiger partial charge in [0.1, 0.15) is 12.4 Å². The van der Waals surface area contributed by atoms with Crippen LogP contribution in [0.5, 0.6) is 0 Å². The molecule has 6 heteroatoms. The van der Waals surface area contributed by atoms with Gasteiger partial charge in [-0.05, 0) is 30.0 Å². The SMILES string of the molecule is COC1(OC)CCCC(C2=Cc3ccccc3CO2)N1CN.Cl. The van der Waals surface area contributed by atoms with Crippen LogP contribution in [0.4, 0.5) is 0 Å². The van der Waals surface area contributed by atoms with Crippen molar-refractivity contribution in [2.24, 2.45) is 5.73 Å². The lowest BCUT2D eigenvalue weighted by Crippen LogP contribution is -2.61. The van der Waals surface area contributed by atoms with Crippen molar-refractivity contribution in [3.63, 3.8) is 0 Å². The first kappa shape index (κ1) is 18.2. The Morgan fingerprint density at radius 3 is 2.74 bits per heavy atom. The lowest BCUT2D eigenvalue weighted by atomic mass is 9.94. The van der Waals surface area contributed by atoms with E-state index in [0.29, 0.717) is 13.3 Å². The van der Waals surface area contributed by atoms with Crippen LogP contribution in [-0.2, 0) is 20.8 Å². The molecule has 2 aliphatic rings. The van der Waals surface area contributed by atoms with Crippen molar-refractivity contribution >= 4 is 18.5 Å². The highest BCUT2D eigenvalue weighted by molar-refractivity contribution is 5.85. The highest BCUT2D eigenvalue weighted by atomic mass is 35.5. The molecule has 1 saturated heterocycles. The van der Waals surface area contributed by atoms with Crippen LogP contribution in [0.3, 0.4) is 0 Å². The Hall–Kier alpha value is -1.11. The fourth-order valence-corrected chi connectivity index (χ4v) is 3.49. The number of hydrogen-bond acceptors (Lipinski definition) is 5. The van der Waals surface area contributed by atoms with E-state index in [1.165, 1.54) is 11.1 Å². The average molecular weight is 341 g/mol. The third-order valence-corrected chi connectivity index (χ3v) is 4.69. The molecule has 5 nitrogen and oxygen atoms in total. The Labute approximate surface area is 143 Å². The number of nitrogens with zero attached hydrogens (tertiary/aromatic N) is 1. The van der Waals surface area contributed by atoms with E-state index in [1.807, 2.05) is 6.07 Å². The van der Waals surface area contributed by atoms with Crippen LogP contribution in [0.25, 0.3) is 6.08 Å². The number of fused-ring (bicyclic) bond motifs is 1. The molecule has 23 heavy (non-hydrogen) atoms. The standard InChI is InChI=1S/C17H24N2O3.ClH/c1-20-17(21-2)9-5-8-15(19(17)12-18)16-10-13-6-3-4-7-14(13)11-22-16;/h3-4,6-7,10,15H,5,8-9,11-12,18H2,1-2H3;1H. The summed E-state index contributed by atoms with van der Waals surface area (Å²) in [4.78, 5) is 2.05. The van der Waals surface area contributed by atoms with Gasteiger partial charge in [0.25, 0.3) is 0 Å². The summed E-state index contributed by atoms with van der Waals surface area (Å²) in [6.07, 6.45) is 4.91. The summed E-state index contributed by atoms with van der Waals surface area (Å²) in [6, 6.07) is 8.38. The van der Waals surface area contributed by atoms with E-state index in [1.54, 1.807) is 14.2 Å². The van der Waals surface area contributed by atoms with Gasteiger partial charge < -0.3 is 19.9 Å². The number of methoxy groups -OCH3 is 2. The normalized spacial score (nSPS) is 23.3. The Balaban J connectivity index is 0.00000192. The summed E-state index contributed by atoms with van der Waals surface area (Å²) >= 11 is 0. The van der Waals surface area contributed by atoms with Crippen molar-refractivity contribution in [1.82, 2.24) is 4.90 Å². The second kappa shape index (κ2) is 7.64. The molecule has 0 aliphatic carbocycles. The monoisotopic (exact) mass is 340 g/mol. The fraction of sp³-hybridized carbons (Fsp3) is 0.529. The van der Waals surface area contributed by atoms with Crippen LogP contribution in [0.1, 0.15) is 30.4 Å². The minimum absolute atomic E-state index is 0. The summed E-state index contributed by atoms with van der Waals surface area (Å²) in [5.74, 6) is 0.182. The first-order valence-corrected chi connectivity index (χ1v) is 7.73. The molecule has 0 radical (unpaired) electrons. The minimum atomic E-state index is -0.765. The molecule has 2 heterocycles. The second-order valence-electron chi connectivity index (χ2n) is 5.72. The molecule has 1 aromatic carbocycles. The summed E-state index contributed by atoms with van der Waals surface area (Å²) in [6.45, 7) is 0.957. The number of likely N-dealkylation sites (tertiary alicyclic amines) is 1. The van der Waals surface area contributed by atoms with E-state index in [2.05, 4.69) is 29.2 Å². The molecular formula is C17H25ClN2O3. The molecule has 0 amide bonds. The fourth-order valence-electron chi connectivity index (χ4n) is 3.49. The third kappa shape index (κ3) is 3.25. The predicted octanol–water partition coefficient (Wildman–Crippen LogP) is 2.70. The molecule has 3 rings (SSSR count). The van der Waals surface area contributed by atoms with Crippen molar-refractivity contribution in [2.45, 2.75) is 37.8 Å². The maximum absolute atomic E-state index is 6.01. The van der Waals surface area contributed by atoms with Crippen LogP contribution in [0.15, 0.2) is 30.0 Å². The topological polar surface area (TPSA) is 57.0 Å². The highest BCUT2D eigenvalue weighted by Crippen LogP contribution is 2.37. The molecule has 1 unspecified atom stereocenters. The zero-order chi connectivity index (χ0) is 15.6. The Kier molecular flexibility index (Phi) is 6.06. The van der Waals surface area contributed by atoms with E-state index >= 15 is 0 Å². The predicted molar refractivity (Wildman–Crippen MR) is 91.7 cm³/mol. The van der Waals surface area contributed by atoms with Crippen molar-refractivity contribution < 1.29 is 14.2 Å². The maximum Gasteiger partial charge on any atom is 0.231 e. The second-order valence-corrected chi connectivity index (χ2v) is 5.72. The quantitative estimate of drug-likeness (QED) is 0.854. The van der Waals surface area contributed by atoms with Gasteiger partial charge in [0.2, 0.25) is 5.91 Å². The lowest BCUT2D eigenvalue weighted by molar-refractivity contribution is -0.318. The first-order chi connectivity index (χ1) is 10.7. The summed E-state index contributed by atoms with van der Waals surface area (Å²) in [7, 11) is 3.33. The van der Waals surface area contributed by atoms with Gasteiger partial charge >= 0.3 is 0 Å². The molecule has 0 saturated carbocycles. The molecule has 1 aromatic rings. The number of nitrogens with two attached hydrogens (primary N) is 1. The zero-order valence-electron chi connectivity index (χ0n) is 13.7.